The molecule has 1 rings (SSSR count). The largest absolute Gasteiger partial charge is 0.456 e. The van der Waals surface area contributed by atoms with E-state index in [1.807, 2.05) is 26.0 Å². The maximum atomic E-state index is 11.1. The number of carbonyl (C=O) groups excluding carboxylic acids is 1. The van der Waals surface area contributed by atoms with Crippen LogP contribution in [0.2, 0.25) is 5.02 Å². The second-order valence-electron chi connectivity index (χ2n) is 3.39. The standard InChI is InChI=1S/C13H13ClO2/c1-4-16-13(15)6-5-12-9(2)7-11(14)8-10(12)3/h7-8H,4H2,1-3H3. The Balaban J connectivity index is 3.01. The lowest BCUT2D eigenvalue weighted by Crippen LogP contribution is -2.00. The number of benzene rings is 1. The third kappa shape index (κ3) is 3.29. The summed E-state index contributed by atoms with van der Waals surface area (Å²) in [6.45, 7) is 5.91. The van der Waals surface area contributed by atoms with Gasteiger partial charge in [-0.25, -0.2) is 4.79 Å². The van der Waals surface area contributed by atoms with Crippen LogP contribution < -0.4 is 0 Å². The van der Waals surface area contributed by atoms with E-state index in [1.54, 1.807) is 6.92 Å². The molecular weight excluding hydrogens is 224 g/mol. The van der Waals surface area contributed by atoms with Crippen LogP contribution in [0.15, 0.2) is 12.1 Å². The predicted octanol–water partition coefficient (Wildman–Crippen LogP) is 2.87. The molecule has 0 aliphatic heterocycles. The van der Waals surface area contributed by atoms with Gasteiger partial charge in [0.25, 0.3) is 0 Å². The second-order valence-corrected chi connectivity index (χ2v) is 3.82. The molecule has 0 N–H and O–H groups in total. The Morgan fingerprint density at radius 1 is 1.38 bits per heavy atom. The summed E-state index contributed by atoms with van der Waals surface area (Å²) in [7, 11) is 0. The second kappa shape index (κ2) is 5.58. The van der Waals surface area contributed by atoms with Crippen molar-refractivity contribution in [3.8, 4) is 11.8 Å². The summed E-state index contributed by atoms with van der Waals surface area (Å²) in [4.78, 5) is 11.1. The van der Waals surface area contributed by atoms with Crippen molar-refractivity contribution in [3.05, 3.63) is 33.8 Å². The summed E-state index contributed by atoms with van der Waals surface area (Å²) < 4.78 is 4.73. The normalized spacial score (nSPS) is 9.25. The smallest absolute Gasteiger partial charge is 0.384 e. The molecule has 2 nitrogen and oxygen atoms in total. The summed E-state index contributed by atoms with van der Waals surface area (Å²) in [5.74, 6) is 4.75. The van der Waals surface area contributed by atoms with Crippen LogP contribution in [0.4, 0.5) is 0 Å². The maximum absolute atomic E-state index is 11.1. The Labute approximate surface area is 101 Å². The average Bonchev–Trinajstić information content (AvgIpc) is 2.16. The Morgan fingerprint density at radius 3 is 2.44 bits per heavy atom. The van der Waals surface area contributed by atoms with Gasteiger partial charge in [0.2, 0.25) is 0 Å². The number of carbonyl (C=O) groups is 1. The maximum Gasteiger partial charge on any atom is 0.384 e. The first kappa shape index (κ1) is 12.6. The topological polar surface area (TPSA) is 26.3 Å². The third-order valence-corrected chi connectivity index (χ3v) is 2.28. The summed E-state index contributed by atoms with van der Waals surface area (Å²) >= 11 is 5.89. The minimum Gasteiger partial charge on any atom is -0.456 e. The molecule has 84 valence electrons. The molecule has 0 radical (unpaired) electrons. The van der Waals surface area contributed by atoms with Crippen molar-refractivity contribution in [2.45, 2.75) is 20.8 Å². The number of esters is 1. The molecule has 0 aromatic heterocycles. The van der Waals surface area contributed by atoms with E-state index in [0.717, 1.165) is 16.7 Å². The van der Waals surface area contributed by atoms with Crippen LogP contribution in [0, 0.1) is 25.7 Å². The quantitative estimate of drug-likeness (QED) is 0.554. The van der Waals surface area contributed by atoms with Crippen molar-refractivity contribution in [1.29, 1.82) is 0 Å². The van der Waals surface area contributed by atoms with Crippen LogP contribution in [0.25, 0.3) is 0 Å². The van der Waals surface area contributed by atoms with Crippen LogP contribution in [-0.4, -0.2) is 12.6 Å². The highest BCUT2D eigenvalue weighted by Gasteiger charge is 2.02. The van der Waals surface area contributed by atoms with Crippen molar-refractivity contribution in [2.24, 2.45) is 0 Å². The summed E-state index contributed by atoms with van der Waals surface area (Å²) in [5.41, 5.74) is 2.75. The molecule has 0 unspecified atom stereocenters. The highest BCUT2D eigenvalue weighted by atomic mass is 35.5. The zero-order chi connectivity index (χ0) is 12.1. The molecule has 3 heteroatoms. The average molecular weight is 237 g/mol. The van der Waals surface area contributed by atoms with Gasteiger partial charge in [-0.3, -0.25) is 0 Å². The van der Waals surface area contributed by atoms with Gasteiger partial charge in [0.05, 0.1) is 6.61 Å². The Hall–Kier alpha value is -1.46. The molecule has 16 heavy (non-hydrogen) atoms. The molecular formula is C13H13ClO2. The van der Waals surface area contributed by atoms with E-state index < -0.39 is 5.97 Å². The summed E-state index contributed by atoms with van der Waals surface area (Å²) in [6, 6.07) is 3.65. The van der Waals surface area contributed by atoms with Gasteiger partial charge in [-0.2, -0.15) is 0 Å². The molecule has 0 amide bonds. The first-order valence-electron chi connectivity index (χ1n) is 5.00. The van der Waals surface area contributed by atoms with Crippen molar-refractivity contribution in [3.63, 3.8) is 0 Å². The lowest BCUT2D eigenvalue weighted by Gasteiger charge is -2.03. The number of hydrogen-bond donors (Lipinski definition) is 0. The van der Waals surface area contributed by atoms with Gasteiger partial charge >= 0.3 is 5.97 Å². The molecule has 1 aromatic rings. The summed E-state index contributed by atoms with van der Waals surface area (Å²) in [5, 5.41) is 0.677. The van der Waals surface area contributed by atoms with E-state index in [-0.39, 0.29) is 0 Å². The summed E-state index contributed by atoms with van der Waals surface area (Å²) in [6.07, 6.45) is 0. The van der Waals surface area contributed by atoms with E-state index >= 15 is 0 Å². The zero-order valence-electron chi connectivity index (χ0n) is 9.56. The van der Waals surface area contributed by atoms with Crippen molar-refractivity contribution in [2.75, 3.05) is 6.61 Å². The van der Waals surface area contributed by atoms with Gasteiger partial charge in [-0.1, -0.05) is 17.5 Å². The van der Waals surface area contributed by atoms with E-state index in [4.69, 9.17) is 16.3 Å². The highest BCUT2D eigenvalue weighted by molar-refractivity contribution is 6.30. The van der Waals surface area contributed by atoms with Crippen LogP contribution >= 0.6 is 11.6 Å². The van der Waals surface area contributed by atoms with Crippen molar-refractivity contribution >= 4 is 17.6 Å². The SMILES string of the molecule is CCOC(=O)C#Cc1c(C)cc(Cl)cc1C. The number of rotatable bonds is 1. The molecule has 0 atom stereocenters. The van der Waals surface area contributed by atoms with Gasteiger partial charge in [-0.15, -0.1) is 0 Å². The van der Waals surface area contributed by atoms with Gasteiger partial charge < -0.3 is 4.74 Å². The van der Waals surface area contributed by atoms with Crippen LogP contribution in [0.5, 0.6) is 0 Å². The van der Waals surface area contributed by atoms with Gasteiger partial charge in [0.15, 0.2) is 0 Å². The molecule has 0 aliphatic carbocycles. The Morgan fingerprint density at radius 2 is 1.94 bits per heavy atom. The van der Waals surface area contributed by atoms with E-state index in [1.165, 1.54) is 0 Å². The molecule has 0 saturated heterocycles. The highest BCUT2D eigenvalue weighted by Crippen LogP contribution is 2.18. The monoisotopic (exact) mass is 236 g/mol. The van der Waals surface area contributed by atoms with Crippen LogP contribution in [0.1, 0.15) is 23.6 Å². The Kier molecular flexibility index (Phi) is 4.39. The molecule has 0 heterocycles. The predicted molar refractivity (Wildman–Crippen MR) is 64.4 cm³/mol. The van der Waals surface area contributed by atoms with Gasteiger partial charge in [0.1, 0.15) is 0 Å². The van der Waals surface area contributed by atoms with Gasteiger partial charge in [-0.05, 0) is 44.0 Å². The van der Waals surface area contributed by atoms with Crippen LogP contribution in [0.3, 0.4) is 0 Å². The zero-order valence-corrected chi connectivity index (χ0v) is 10.3. The molecule has 0 spiro atoms. The van der Waals surface area contributed by atoms with E-state index in [2.05, 4.69) is 11.8 Å². The minimum atomic E-state index is -0.503. The van der Waals surface area contributed by atoms with E-state index in [9.17, 15) is 4.79 Å². The first-order valence-corrected chi connectivity index (χ1v) is 5.38. The Bertz CT molecular complexity index is 444. The lowest BCUT2D eigenvalue weighted by molar-refractivity contribution is -0.136. The van der Waals surface area contributed by atoms with Gasteiger partial charge in [0, 0.05) is 16.5 Å². The van der Waals surface area contributed by atoms with E-state index in [0.29, 0.717) is 11.6 Å². The number of ether oxygens (including phenoxy) is 1. The fraction of sp³-hybridized carbons (Fsp3) is 0.308. The molecule has 1 aromatic carbocycles. The fourth-order valence-electron chi connectivity index (χ4n) is 1.39. The van der Waals surface area contributed by atoms with Crippen LogP contribution in [-0.2, 0) is 9.53 Å². The third-order valence-electron chi connectivity index (χ3n) is 2.06. The molecule has 0 fully saturated rings. The minimum absolute atomic E-state index is 0.339. The number of aryl methyl sites for hydroxylation is 2. The molecule has 0 saturated carbocycles. The fourth-order valence-corrected chi connectivity index (χ4v) is 1.72. The van der Waals surface area contributed by atoms with Crippen molar-refractivity contribution < 1.29 is 9.53 Å². The first-order chi connectivity index (χ1) is 7.54. The number of halogens is 1. The number of hydrogen-bond acceptors (Lipinski definition) is 2. The lowest BCUT2D eigenvalue weighted by atomic mass is 10.0. The van der Waals surface area contributed by atoms with Crippen molar-refractivity contribution in [1.82, 2.24) is 0 Å². The molecule has 0 bridgehead atoms. The molecule has 0 aliphatic rings.